The number of halogens is 2. The molecule has 0 aliphatic heterocycles. The first-order chi connectivity index (χ1) is 10.1. The number of hydrogen-bond acceptors (Lipinski definition) is 3. The molecule has 0 aliphatic rings. The largest absolute Gasteiger partial charge is 0.320 e. The van der Waals surface area contributed by atoms with Crippen molar-refractivity contribution in [3.63, 3.8) is 0 Å². The van der Waals surface area contributed by atoms with E-state index in [2.05, 4.69) is 10.3 Å². The number of amides is 1. The Kier molecular flexibility index (Phi) is 4.94. The Morgan fingerprint density at radius 2 is 1.95 bits per heavy atom. The van der Waals surface area contributed by atoms with Crippen LogP contribution >= 0.6 is 23.2 Å². The summed E-state index contributed by atoms with van der Waals surface area (Å²) in [7, 11) is 0. The second-order valence-corrected chi connectivity index (χ2v) is 4.87. The summed E-state index contributed by atoms with van der Waals surface area (Å²) in [5.74, 6) is -0.557. The van der Waals surface area contributed by atoms with Gasteiger partial charge in [-0.2, -0.15) is 5.26 Å². The van der Waals surface area contributed by atoms with E-state index in [9.17, 15) is 4.79 Å². The van der Waals surface area contributed by atoms with E-state index in [4.69, 9.17) is 28.5 Å². The molecule has 104 valence electrons. The van der Waals surface area contributed by atoms with Crippen LogP contribution in [-0.2, 0) is 4.79 Å². The van der Waals surface area contributed by atoms with Crippen LogP contribution in [0.4, 0.5) is 5.69 Å². The van der Waals surface area contributed by atoms with Gasteiger partial charge in [0, 0.05) is 17.4 Å². The fourth-order valence-electron chi connectivity index (χ4n) is 1.56. The third kappa shape index (κ3) is 4.06. The number of anilines is 1. The fourth-order valence-corrected chi connectivity index (χ4v) is 1.89. The number of hydrogen-bond donors (Lipinski definition) is 1. The van der Waals surface area contributed by atoms with Crippen molar-refractivity contribution >= 4 is 40.9 Å². The maximum absolute atomic E-state index is 12.1. The van der Waals surface area contributed by atoms with Crippen LogP contribution in [0.25, 0.3) is 6.08 Å². The van der Waals surface area contributed by atoms with E-state index in [0.717, 1.165) is 0 Å². The Morgan fingerprint density at radius 1 is 1.24 bits per heavy atom. The first kappa shape index (κ1) is 15.0. The van der Waals surface area contributed by atoms with Gasteiger partial charge in [0.25, 0.3) is 5.91 Å². The highest BCUT2D eigenvalue weighted by Gasteiger charge is 2.11. The summed E-state index contributed by atoms with van der Waals surface area (Å²) in [6.07, 6.45) is 4.62. The number of pyridine rings is 1. The number of nitrogens with one attached hydrogen (secondary N) is 1. The SMILES string of the molecule is N#C/C(=C\c1ccncc1)C(=O)Nc1cc(Cl)ccc1Cl. The second-order valence-electron chi connectivity index (χ2n) is 4.03. The summed E-state index contributed by atoms with van der Waals surface area (Å²) >= 11 is 11.8. The predicted molar refractivity (Wildman–Crippen MR) is 82.9 cm³/mol. The minimum absolute atomic E-state index is 0.0442. The Hall–Kier alpha value is -2.35. The average molecular weight is 318 g/mol. The van der Waals surface area contributed by atoms with E-state index in [1.165, 1.54) is 12.1 Å². The van der Waals surface area contributed by atoms with Crippen LogP contribution in [0.2, 0.25) is 10.0 Å². The van der Waals surface area contributed by atoms with Gasteiger partial charge in [-0.3, -0.25) is 9.78 Å². The molecule has 0 aliphatic carbocycles. The number of carbonyl (C=O) groups is 1. The quantitative estimate of drug-likeness (QED) is 0.689. The molecule has 6 heteroatoms. The van der Waals surface area contributed by atoms with E-state index in [1.54, 1.807) is 36.7 Å². The van der Waals surface area contributed by atoms with E-state index in [0.29, 0.717) is 21.3 Å². The average Bonchev–Trinajstić information content (AvgIpc) is 2.49. The molecule has 0 saturated carbocycles. The number of nitrogens with zero attached hydrogens (tertiary/aromatic N) is 2. The standard InChI is InChI=1S/C15H9Cl2N3O/c16-12-1-2-13(17)14(8-12)20-15(21)11(9-18)7-10-3-5-19-6-4-10/h1-8H,(H,20,21)/b11-7+. The van der Waals surface area contributed by atoms with Gasteiger partial charge >= 0.3 is 0 Å². The van der Waals surface area contributed by atoms with Crippen LogP contribution in [0.5, 0.6) is 0 Å². The van der Waals surface area contributed by atoms with Gasteiger partial charge in [0.05, 0.1) is 10.7 Å². The first-order valence-corrected chi connectivity index (χ1v) is 6.64. The summed E-state index contributed by atoms with van der Waals surface area (Å²) in [6.45, 7) is 0. The number of rotatable bonds is 3. The fraction of sp³-hybridized carbons (Fsp3) is 0. The van der Waals surface area contributed by atoms with Crippen LogP contribution in [0, 0.1) is 11.3 Å². The summed E-state index contributed by atoms with van der Waals surface area (Å²) in [5.41, 5.74) is 1.01. The van der Waals surface area contributed by atoms with Gasteiger partial charge < -0.3 is 5.32 Å². The third-order valence-electron chi connectivity index (χ3n) is 2.56. The zero-order valence-corrected chi connectivity index (χ0v) is 12.2. The predicted octanol–water partition coefficient (Wildman–Crippen LogP) is 3.93. The molecule has 0 atom stereocenters. The second kappa shape index (κ2) is 6.89. The van der Waals surface area contributed by atoms with Crippen molar-refractivity contribution in [1.29, 1.82) is 5.26 Å². The van der Waals surface area contributed by atoms with Crippen molar-refractivity contribution in [2.75, 3.05) is 5.32 Å². The van der Waals surface area contributed by atoms with Crippen LogP contribution in [-0.4, -0.2) is 10.9 Å². The van der Waals surface area contributed by atoms with Crippen LogP contribution in [0.3, 0.4) is 0 Å². The van der Waals surface area contributed by atoms with Crippen LogP contribution < -0.4 is 5.32 Å². The van der Waals surface area contributed by atoms with Crippen molar-refractivity contribution in [2.45, 2.75) is 0 Å². The van der Waals surface area contributed by atoms with Gasteiger partial charge in [-0.05, 0) is 42.0 Å². The molecule has 0 saturated heterocycles. The van der Waals surface area contributed by atoms with Gasteiger partial charge in [-0.25, -0.2) is 0 Å². The zero-order chi connectivity index (χ0) is 15.2. The molecular weight excluding hydrogens is 309 g/mol. The van der Waals surface area contributed by atoms with E-state index in [-0.39, 0.29) is 5.57 Å². The molecule has 1 heterocycles. The molecule has 1 aromatic heterocycles. The maximum atomic E-state index is 12.1. The molecule has 0 bridgehead atoms. The zero-order valence-electron chi connectivity index (χ0n) is 10.7. The Morgan fingerprint density at radius 3 is 2.62 bits per heavy atom. The molecule has 0 radical (unpaired) electrons. The maximum Gasteiger partial charge on any atom is 0.266 e. The smallest absolute Gasteiger partial charge is 0.266 e. The highest BCUT2D eigenvalue weighted by atomic mass is 35.5. The van der Waals surface area contributed by atoms with Gasteiger partial charge in [-0.1, -0.05) is 23.2 Å². The summed E-state index contributed by atoms with van der Waals surface area (Å²) < 4.78 is 0. The number of benzene rings is 1. The van der Waals surface area contributed by atoms with Crippen LogP contribution in [0.15, 0.2) is 48.3 Å². The summed E-state index contributed by atoms with van der Waals surface area (Å²) in [6, 6.07) is 9.93. The van der Waals surface area contributed by atoms with Crippen molar-refractivity contribution in [1.82, 2.24) is 4.98 Å². The molecule has 21 heavy (non-hydrogen) atoms. The van der Waals surface area contributed by atoms with E-state index < -0.39 is 5.91 Å². The minimum atomic E-state index is -0.557. The molecule has 1 N–H and O–H groups in total. The molecule has 1 aromatic carbocycles. The molecule has 2 rings (SSSR count). The Bertz CT molecular complexity index is 736. The van der Waals surface area contributed by atoms with Gasteiger partial charge in [0.15, 0.2) is 0 Å². The number of aromatic nitrogens is 1. The highest BCUT2D eigenvalue weighted by molar-refractivity contribution is 6.36. The molecule has 4 nitrogen and oxygen atoms in total. The molecular formula is C15H9Cl2N3O. The lowest BCUT2D eigenvalue weighted by Crippen LogP contribution is -2.13. The minimum Gasteiger partial charge on any atom is -0.320 e. The lowest BCUT2D eigenvalue weighted by atomic mass is 10.1. The molecule has 0 spiro atoms. The van der Waals surface area contributed by atoms with Crippen molar-refractivity contribution in [2.24, 2.45) is 0 Å². The van der Waals surface area contributed by atoms with Crippen molar-refractivity contribution < 1.29 is 4.79 Å². The van der Waals surface area contributed by atoms with Gasteiger partial charge in [-0.15, -0.1) is 0 Å². The number of nitriles is 1. The topological polar surface area (TPSA) is 65.8 Å². The Balaban J connectivity index is 2.24. The molecule has 0 fully saturated rings. The third-order valence-corrected chi connectivity index (χ3v) is 3.12. The lowest BCUT2D eigenvalue weighted by Gasteiger charge is -2.07. The molecule has 0 unspecified atom stereocenters. The normalized spacial score (nSPS) is 10.8. The van der Waals surface area contributed by atoms with Crippen molar-refractivity contribution in [3.8, 4) is 6.07 Å². The summed E-state index contributed by atoms with van der Waals surface area (Å²) in [4.78, 5) is 16.0. The van der Waals surface area contributed by atoms with E-state index >= 15 is 0 Å². The van der Waals surface area contributed by atoms with Crippen molar-refractivity contribution in [3.05, 3.63) is 63.9 Å². The summed E-state index contributed by atoms with van der Waals surface area (Å²) in [5, 5.41) is 12.4. The van der Waals surface area contributed by atoms with Gasteiger partial charge in [0.1, 0.15) is 11.6 Å². The molecule has 2 aromatic rings. The van der Waals surface area contributed by atoms with Crippen LogP contribution in [0.1, 0.15) is 5.56 Å². The first-order valence-electron chi connectivity index (χ1n) is 5.88. The van der Waals surface area contributed by atoms with Gasteiger partial charge in [0.2, 0.25) is 0 Å². The lowest BCUT2D eigenvalue weighted by molar-refractivity contribution is -0.112. The highest BCUT2D eigenvalue weighted by Crippen LogP contribution is 2.25. The Labute approximate surface area is 131 Å². The monoisotopic (exact) mass is 317 g/mol. The number of carbonyl (C=O) groups excluding carboxylic acids is 1. The molecule has 1 amide bonds. The van der Waals surface area contributed by atoms with E-state index in [1.807, 2.05) is 6.07 Å².